The number of piperazine rings is 1. The number of ether oxygens (including phenoxy) is 1. The number of nitrogens with zero attached hydrogens (tertiary/aromatic N) is 5. The number of rotatable bonds is 12. The predicted molar refractivity (Wildman–Crippen MR) is 255 cm³/mol. The molecule has 0 bridgehead atoms. The number of aromatic nitrogens is 2. The first-order chi connectivity index (χ1) is 30.8. The molecule has 2 aromatic heterocycles. The topological polar surface area (TPSA) is 166 Å². The summed E-state index contributed by atoms with van der Waals surface area (Å²) in [4.78, 5) is 40.5. The number of nitro benzene ring substituents is 1. The van der Waals surface area contributed by atoms with Gasteiger partial charge in [0.25, 0.3) is 21.6 Å². The van der Waals surface area contributed by atoms with Crippen LogP contribution in [0.2, 0.25) is 5.02 Å². The van der Waals surface area contributed by atoms with Crippen molar-refractivity contribution in [1.29, 1.82) is 0 Å². The number of hydrogen-bond donors (Lipinski definition) is 3. The molecule has 5 heterocycles. The van der Waals surface area contributed by atoms with Crippen molar-refractivity contribution in [2.45, 2.75) is 55.9 Å². The minimum atomic E-state index is -4.54. The molecular weight excluding hydrogens is 872 g/mol. The lowest BCUT2D eigenvalue weighted by Gasteiger charge is -2.40. The zero-order chi connectivity index (χ0) is 44.6. The van der Waals surface area contributed by atoms with Gasteiger partial charge in [-0.2, -0.15) is 0 Å². The fourth-order valence-electron chi connectivity index (χ4n) is 9.31. The van der Waals surface area contributed by atoms with Crippen molar-refractivity contribution in [2.24, 2.45) is 11.3 Å². The van der Waals surface area contributed by atoms with Gasteiger partial charge in [0.15, 0.2) is 0 Å². The largest absolute Gasteiger partial charge is 0.381 e. The number of halogens is 1. The van der Waals surface area contributed by atoms with Gasteiger partial charge in [0, 0.05) is 93.1 Å². The number of aromatic amines is 1. The van der Waals surface area contributed by atoms with Crippen molar-refractivity contribution in [3.8, 4) is 0 Å². The van der Waals surface area contributed by atoms with Crippen LogP contribution in [0.3, 0.4) is 0 Å². The van der Waals surface area contributed by atoms with Gasteiger partial charge in [-0.15, -0.1) is 11.8 Å². The van der Waals surface area contributed by atoms with E-state index in [1.165, 1.54) is 28.8 Å². The average Bonchev–Trinajstić information content (AvgIpc) is 3.76. The Hall–Kier alpha value is -5.13. The van der Waals surface area contributed by atoms with E-state index in [0.717, 1.165) is 103 Å². The van der Waals surface area contributed by atoms with Gasteiger partial charge in [0.2, 0.25) is 0 Å². The number of allylic oxidation sites excluding steroid dienone is 1. The molecule has 3 aliphatic heterocycles. The second-order valence-electron chi connectivity index (χ2n) is 17.9. The zero-order valence-electron chi connectivity index (χ0n) is 36.1. The molecule has 17 heteroatoms. The summed E-state index contributed by atoms with van der Waals surface area (Å²) in [6, 6.07) is 21.4. The summed E-state index contributed by atoms with van der Waals surface area (Å²) >= 11 is 7.90. The number of carbonyl (C=O) groups is 1. The Morgan fingerprint density at radius 2 is 1.78 bits per heavy atom. The minimum absolute atomic E-state index is 0.157. The van der Waals surface area contributed by atoms with Gasteiger partial charge in [0.1, 0.15) is 16.4 Å². The van der Waals surface area contributed by atoms with E-state index >= 15 is 0 Å². The quantitative estimate of drug-likeness (QED) is 0.0804. The molecule has 3 aromatic carbocycles. The highest BCUT2D eigenvalue weighted by Gasteiger charge is 2.32. The van der Waals surface area contributed by atoms with Crippen LogP contribution >= 0.6 is 23.4 Å². The molecule has 14 nitrogen and oxygen atoms in total. The Kier molecular flexibility index (Phi) is 12.7. The first kappa shape index (κ1) is 44.1. The number of pyridine rings is 1. The number of H-pyrrole nitrogens is 1. The van der Waals surface area contributed by atoms with Crippen LogP contribution in [0.5, 0.6) is 0 Å². The summed E-state index contributed by atoms with van der Waals surface area (Å²) in [6.45, 7) is 11.2. The van der Waals surface area contributed by atoms with Crippen LogP contribution in [0.4, 0.5) is 28.4 Å². The van der Waals surface area contributed by atoms with Gasteiger partial charge in [-0.1, -0.05) is 43.2 Å². The fraction of sp³-hybridized carbons (Fsp3) is 0.404. The third-order valence-electron chi connectivity index (χ3n) is 13.0. The molecule has 336 valence electrons. The molecular formula is C47H53ClN8O6S2. The van der Waals surface area contributed by atoms with Crippen LogP contribution in [-0.4, -0.2) is 98.9 Å². The Morgan fingerprint density at radius 1 is 1.00 bits per heavy atom. The lowest BCUT2D eigenvalue weighted by atomic mass is 9.72. The zero-order valence-corrected chi connectivity index (χ0v) is 38.5. The van der Waals surface area contributed by atoms with Crippen molar-refractivity contribution in [1.82, 2.24) is 19.6 Å². The molecule has 1 amide bonds. The Balaban J connectivity index is 0.975. The summed E-state index contributed by atoms with van der Waals surface area (Å²) < 4.78 is 35.5. The molecule has 2 saturated heterocycles. The molecule has 9 rings (SSSR count). The smallest absolute Gasteiger partial charge is 0.293 e. The normalized spacial score (nSPS) is 18.5. The maximum atomic E-state index is 14.3. The van der Waals surface area contributed by atoms with Gasteiger partial charge in [0.05, 0.1) is 26.8 Å². The fourth-order valence-corrected chi connectivity index (χ4v) is 11.4. The molecule has 0 saturated carbocycles. The number of carbonyl (C=O) groups excluding carboxylic acids is 1. The SMILES string of the molecule is CC1(C)CCC(CN2CCN(c3ccc(C(=O)NS(=O)(=O)c4ccc(NCC5CCOCC5)c([N+](=O)[O-])c4)c(N4CCSc5nc6[nH]ccc6cc54)c3)CC2)=C(c2ccc(Cl)cc2)C1. The third-order valence-corrected chi connectivity index (χ3v) is 15.5. The highest BCUT2D eigenvalue weighted by Crippen LogP contribution is 2.44. The van der Waals surface area contributed by atoms with Gasteiger partial charge in [-0.3, -0.25) is 19.8 Å². The average molecular weight is 926 g/mol. The molecule has 0 spiro atoms. The Bertz CT molecular complexity index is 2710. The van der Waals surface area contributed by atoms with Crippen LogP contribution < -0.4 is 19.8 Å². The van der Waals surface area contributed by atoms with Crippen LogP contribution in [0.15, 0.2) is 94.5 Å². The molecule has 4 aliphatic rings. The van der Waals surface area contributed by atoms with E-state index in [1.807, 2.05) is 47.5 Å². The molecule has 1 aliphatic carbocycles. The maximum absolute atomic E-state index is 14.3. The number of fused-ring (bicyclic) bond motifs is 2. The second kappa shape index (κ2) is 18.4. The summed E-state index contributed by atoms with van der Waals surface area (Å²) in [5.41, 5.74) is 7.42. The first-order valence-electron chi connectivity index (χ1n) is 21.9. The molecule has 5 aromatic rings. The van der Waals surface area contributed by atoms with Crippen molar-refractivity contribution >= 4 is 84.3 Å². The summed E-state index contributed by atoms with van der Waals surface area (Å²) in [5.74, 6) is 0.132. The van der Waals surface area contributed by atoms with E-state index in [4.69, 9.17) is 21.3 Å². The molecule has 0 radical (unpaired) electrons. The second-order valence-corrected chi connectivity index (χ2v) is 21.1. The third kappa shape index (κ3) is 9.62. The summed E-state index contributed by atoms with van der Waals surface area (Å²) in [5, 5.41) is 17.8. The minimum Gasteiger partial charge on any atom is -0.381 e. The molecule has 3 N–H and O–H groups in total. The van der Waals surface area contributed by atoms with E-state index < -0.39 is 20.9 Å². The van der Waals surface area contributed by atoms with Gasteiger partial charge < -0.3 is 24.8 Å². The monoisotopic (exact) mass is 924 g/mol. The van der Waals surface area contributed by atoms with Crippen molar-refractivity contribution < 1.29 is 22.9 Å². The number of hydrogen-bond acceptors (Lipinski definition) is 12. The van der Waals surface area contributed by atoms with Crippen molar-refractivity contribution in [3.05, 3.63) is 111 Å². The van der Waals surface area contributed by atoms with Gasteiger partial charge in [-0.05, 0) is 109 Å². The number of amides is 1. The van der Waals surface area contributed by atoms with E-state index in [-0.39, 0.29) is 33.2 Å². The number of benzene rings is 3. The number of thioether (sulfide) groups is 1. The first-order valence-corrected chi connectivity index (χ1v) is 24.8. The Labute approximate surface area is 383 Å². The van der Waals surface area contributed by atoms with E-state index in [2.05, 4.69) is 50.8 Å². The standard InChI is InChI=1S/C47H53ClN8O6S2/c1-47(2)15-11-34(39(28-47)32-3-5-35(48)6-4-32)30-53-17-19-54(20-18-53)36-7-9-38(41(26-36)55-21-24-63-46-43(55)25-33-12-16-49-44(33)51-46)45(57)52-64(60,61)37-8-10-40(42(27-37)56(58)59)50-29-31-13-22-62-23-14-31/h3-10,12,16,25-27,31,50H,11,13-15,17-24,28-30H2,1-2H3,(H,49,51)(H,52,57). The number of sulfonamides is 1. The molecule has 64 heavy (non-hydrogen) atoms. The molecule has 0 unspecified atom stereocenters. The van der Waals surface area contributed by atoms with E-state index in [0.29, 0.717) is 37.7 Å². The van der Waals surface area contributed by atoms with E-state index in [1.54, 1.807) is 17.8 Å². The maximum Gasteiger partial charge on any atom is 0.293 e. The van der Waals surface area contributed by atoms with Gasteiger partial charge >= 0.3 is 0 Å². The van der Waals surface area contributed by atoms with Gasteiger partial charge in [-0.25, -0.2) is 18.1 Å². The predicted octanol–water partition coefficient (Wildman–Crippen LogP) is 9.11. The van der Waals surface area contributed by atoms with Crippen LogP contribution in [-0.2, 0) is 14.8 Å². The Morgan fingerprint density at radius 3 is 2.55 bits per heavy atom. The number of nitro groups is 1. The molecule has 2 fully saturated rings. The van der Waals surface area contributed by atoms with Crippen molar-refractivity contribution in [3.63, 3.8) is 0 Å². The highest BCUT2D eigenvalue weighted by molar-refractivity contribution is 7.99. The molecule has 0 atom stereocenters. The summed E-state index contributed by atoms with van der Waals surface area (Å²) in [6.07, 6.45) is 6.73. The lowest BCUT2D eigenvalue weighted by molar-refractivity contribution is -0.384. The van der Waals surface area contributed by atoms with Crippen molar-refractivity contribution in [2.75, 3.05) is 79.9 Å². The van der Waals surface area contributed by atoms with E-state index in [9.17, 15) is 23.3 Å². The number of nitrogens with one attached hydrogen (secondary N) is 3. The number of anilines is 4. The highest BCUT2D eigenvalue weighted by atomic mass is 35.5. The van der Waals surface area contributed by atoms with Crippen LogP contribution in [0, 0.1) is 21.4 Å². The lowest BCUT2D eigenvalue weighted by Crippen LogP contribution is -2.47. The van der Waals surface area contributed by atoms with Crippen LogP contribution in [0.1, 0.15) is 61.9 Å². The van der Waals surface area contributed by atoms with Crippen LogP contribution in [0.25, 0.3) is 16.6 Å². The summed E-state index contributed by atoms with van der Waals surface area (Å²) in [7, 11) is -4.54.